The van der Waals surface area contributed by atoms with Gasteiger partial charge < -0.3 is 9.47 Å². The maximum atomic E-state index is 6.80. The number of ether oxygens (including phenoxy) is 2. The normalized spacial score (nSPS) is 26.1. The van der Waals surface area contributed by atoms with Crippen LogP contribution in [-0.4, -0.2) is 34.6 Å². The van der Waals surface area contributed by atoms with Gasteiger partial charge in [-0.25, -0.2) is 0 Å². The predicted molar refractivity (Wildman–Crippen MR) is 154 cm³/mol. The van der Waals surface area contributed by atoms with Crippen molar-refractivity contribution >= 4 is 0 Å². The summed E-state index contributed by atoms with van der Waals surface area (Å²) in [6.07, 6.45) is 18.8. The minimum Gasteiger partial charge on any atom is -0.347 e. The number of hydroxylamine groups is 2. The number of hydrogen-bond donors (Lipinski definition) is 0. The van der Waals surface area contributed by atoms with Crippen LogP contribution in [-0.2, 0) is 14.3 Å². The highest BCUT2D eigenvalue weighted by Crippen LogP contribution is 2.52. The highest BCUT2D eigenvalue weighted by atomic mass is 16.7. The molecule has 212 valence electrons. The fourth-order valence-electron chi connectivity index (χ4n) is 6.80. The maximum absolute atomic E-state index is 6.80. The first kappa shape index (κ1) is 30.6. The molecular formula is C33H57NO3. The summed E-state index contributed by atoms with van der Waals surface area (Å²) in [6, 6.07) is 10.6. The Morgan fingerprint density at radius 1 is 0.865 bits per heavy atom. The number of piperidine rings is 1. The molecule has 37 heavy (non-hydrogen) atoms. The summed E-state index contributed by atoms with van der Waals surface area (Å²) < 4.78 is 13.4. The molecule has 2 saturated heterocycles. The molecule has 2 aliphatic heterocycles. The summed E-state index contributed by atoms with van der Waals surface area (Å²) in [4.78, 5) is 6.78. The summed E-state index contributed by atoms with van der Waals surface area (Å²) in [5, 5.41) is 2.32. The Balaban J connectivity index is 1.51. The van der Waals surface area contributed by atoms with E-state index >= 15 is 0 Å². The highest BCUT2D eigenvalue weighted by Gasteiger charge is 2.59. The van der Waals surface area contributed by atoms with Gasteiger partial charge in [0.05, 0.1) is 18.2 Å². The van der Waals surface area contributed by atoms with E-state index in [1.54, 1.807) is 0 Å². The predicted octanol–water partition coefficient (Wildman–Crippen LogP) is 9.54. The van der Waals surface area contributed by atoms with Crippen molar-refractivity contribution in [3.05, 3.63) is 35.9 Å². The van der Waals surface area contributed by atoms with Gasteiger partial charge in [0, 0.05) is 18.4 Å². The zero-order valence-corrected chi connectivity index (χ0v) is 25.0. The van der Waals surface area contributed by atoms with Gasteiger partial charge in [0.25, 0.3) is 0 Å². The molecule has 2 heterocycles. The average molecular weight is 516 g/mol. The van der Waals surface area contributed by atoms with Gasteiger partial charge in [-0.2, -0.15) is 5.06 Å². The first-order chi connectivity index (χ1) is 17.8. The number of hydrogen-bond acceptors (Lipinski definition) is 4. The molecule has 0 aliphatic carbocycles. The van der Waals surface area contributed by atoms with Crippen molar-refractivity contribution in [1.82, 2.24) is 5.06 Å². The fourth-order valence-corrected chi connectivity index (χ4v) is 6.80. The van der Waals surface area contributed by atoms with Crippen LogP contribution in [0.4, 0.5) is 0 Å². The van der Waals surface area contributed by atoms with Crippen molar-refractivity contribution in [2.24, 2.45) is 0 Å². The van der Waals surface area contributed by atoms with Crippen LogP contribution in [0.2, 0.25) is 0 Å². The van der Waals surface area contributed by atoms with Gasteiger partial charge in [-0.15, -0.1) is 0 Å². The third-order valence-electron chi connectivity index (χ3n) is 8.92. The first-order valence-electron chi connectivity index (χ1n) is 15.6. The molecule has 0 bridgehead atoms. The SMILES string of the molecule is CCCCCCCCCCCCC1COC2(CC(C)(C)N(OC(C)c3ccccc3)C(CC)(CC)C2)O1. The topological polar surface area (TPSA) is 30.9 Å². The van der Waals surface area contributed by atoms with Gasteiger partial charge in [0.2, 0.25) is 0 Å². The zero-order valence-electron chi connectivity index (χ0n) is 25.0. The lowest BCUT2D eigenvalue weighted by molar-refractivity contribution is -0.359. The molecule has 0 aromatic heterocycles. The van der Waals surface area contributed by atoms with E-state index in [4.69, 9.17) is 14.3 Å². The van der Waals surface area contributed by atoms with Gasteiger partial charge in [-0.05, 0) is 45.6 Å². The van der Waals surface area contributed by atoms with Crippen LogP contribution in [0.5, 0.6) is 0 Å². The number of nitrogens with zero attached hydrogens (tertiary/aromatic N) is 1. The van der Waals surface area contributed by atoms with Crippen molar-refractivity contribution in [3.8, 4) is 0 Å². The van der Waals surface area contributed by atoms with Gasteiger partial charge in [0.1, 0.15) is 6.10 Å². The van der Waals surface area contributed by atoms with Crippen LogP contribution >= 0.6 is 0 Å². The molecule has 4 heteroatoms. The summed E-state index contributed by atoms with van der Waals surface area (Å²) >= 11 is 0. The van der Waals surface area contributed by atoms with Crippen molar-refractivity contribution in [1.29, 1.82) is 0 Å². The van der Waals surface area contributed by atoms with Crippen LogP contribution in [0.25, 0.3) is 0 Å². The van der Waals surface area contributed by atoms with Crippen LogP contribution in [0.1, 0.15) is 150 Å². The average Bonchev–Trinajstić information content (AvgIpc) is 3.28. The minimum absolute atomic E-state index is 0.00139. The van der Waals surface area contributed by atoms with E-state index in [0.717, 1.165) is 38.7 Å². The summed E-state index contributed by atoms with van der Waals surface area (Å²) in [5.41, 5.74) is 0.903. The summed E-state index contributed by atoms with van der Waals surface area (Å²) in [5.74, 6) is -0.492. The zero-order chi connectivity index (χ0) is 26.8. The lowest BCUT2D eigenvalue weighted by Gasteiger charge is -2.59. The molecule has 3 atom stereocenters. The van der Waals surface area contributed by atoms with Crippen molar-refractivity contribution < 1.29 is 14.3 Å². The van der Waals surface area contributed by atoms with Crippen molar-refractivity contribution in [2.75, 3.05) is 6.61 Å². The quantitative estimate of drug-likeness (QED) is 0.205. The van der Waals surface area contributed by atoms with Gasteiger partial charge in [0.15, 0.2) is 5.79 Å². The van der Waals surface area contributed by atoms with Gasteiger partial charge >= 0.3 is 0 Å². The molecule has 2 aliphatic rings. The van der Waals surface area contributed by atoms with Crippen LogP contribution in [0.15, 0.2) is 30.3 Å². The number of unbranched alkanes of at least 4 members (excludes halogenated alkanes) is 9. The Morgan fingerprint density at radius 2 is 1.46 bits per heavy atom. The Labute approximate surface area is 228 Å². The Hall–Kier alpha value is -0.940. The fraction of sp³-hybridized carbons (Fsp3) is 0.818. The molecule has 0 saturated carbocycles. The van der Waals surface area contributed by atoms with Crippen LogP contribution in [0.3, 0.4) is 0 Å². The lowest BCUT2D eigenvalue weighted by Crippen LogP contribution is -2.67. The standard InChI is InChI=1S/C33H57NO3/c1-7-10-11-12-13-14-15-16-17-21-24-30-25-35-33(36-30)26-31(5,6)34(32(8-2,9-3)27-33)37-28(4)29-22-19-18-20-23-29/h18-20,22-23,28,30H,7-17,21,24-27H2,1-6H3. The molecule has 1 spiro atoms. The van der Waals surface area contributed by atoms with E-state index in [1.807, 2.05) is 0 Å². The van der Waals surface area contributed by atoms with Crippen molar-refractivity contribution in [2.45, 2.75) is 167 Å². The van der Waals surface area contributed by atoms with E-state index in [2.05, 4.69) is 76.9 Å². The second-order valence-electron chi connectivity index (χ2n) is 12.5. The summed E-state index contributed by atoms with van der Waals surface area (Å²) in [7, 11) is 0. The van der Waals surface area contributed by atoms with E-state index in [1.165, 1.54) is 69.8 Å². The molecule has 0 N–H and O–H groups in total. The van der Waals surface area contributed by atoms with Crippen LogP contribution < -0.4 is 0 Å². The third kappa shape index (κ3) is 8.27. The molecule has 1 aromatic rings. The Morgan fingerprint density at radius 3 is 2.05 bits per heavy atom. The molecule has 1 aromatic carbocycles. The lowest BCUT2D eigenvalue weighted by atomic mass is 9.73. The van der Waals surface area contributed by atoms with Crippen LogP contribution in [0, 0.1) is 0 Å². The number of benzene rings is 1. The van der Waals surface area contributed by atoms with E-state index in [9.17, 15) is 0 Å². The monoisotopic (exact) mass is 515 g/mol. The Kier molecular flexibility index (Phi) is 11.9. The smallest absolute Gasteiger partial charge is 0.172 e. The molecule has 0 amide bonds. The second-order valence-corrected chi connectivity index (χ2v) is 12.5. The van der Waals surface area contributed by atoms with E-state index in [-0.39, 0.29) is 23.3 Å². The molecule has 4 nitrogen and oxygen atoms in total. The molecule has 3 unspecified atom stereocenters. The second kappa shape index (κ2) is 14.4. The number of rotatable bonds is 16. The molecule has 0 radical (unpaired) electrons. The molecular weight excluding hydrogens is 458 g/mol. The minimum atomic E-state index is -0.492. The van der Waals surface area contributed by atoms with E-state index in [0.29, 0.717) is 0 Å². The maximum Gasteiger partial charge on any atom is 0.172 e. The molecule has 2 fully saturated rings. The van der Waals surface area contributed by atoms with E-state index < -0.39 is 5.79 Å². The first-order valence-corrected chi connectivity index (χ1v) is 15.6. The summed E-state index contributed by atoms with van der Waals surface area (Å²) in [6.45, 7) is 14.4. The molecule has 3 rings (SSSR count). The highest BCUT2D eigenvalue weighted by molar-refractivity contribution is 5.17. The van der Waals surface area contributed by atoms with Gasteiger partial charge in [-0.3, -0.25) is 4.84 Å². The van der Waals surface area contributed by atoms with Crippen molar-refractivity contribution in [3.63, 3.8) is 0 Å². The largest absolute Gasteiger partial charge is 0.347 e. The Bertz CT molecular complexity index is 762. The van der Waals surface area contributed by atoms with Gasteiger partial charge in [-0.1, -0.05) is 115 Å². The third-order valence-corrected chi connectivity index (χ3v) is 8.92.